The lowest BCUT2D eigenvalue weighted by Crippen LogP contribution is -2.30. The van der Waals surface area contributed by atoms with Crippen molar-refractivity contribution in [3.63, 3.8) is 0 Å². The molecule has 0 aliphatic heterocycles. The molecule has 1 aliphatic rings. The normalized spacial score (nSPS) is 14.2. The summed E-state index contributed by atoms with van der Waals surface area (Å²) in [6.07, 6.45) is 7.83. The quantitative estimate of drug-likeness (QED) is 0.0721. The van der Waals surface area contributed by atoms with Gasteiger partial charge in [-0.15, -0.1) is 0 Å². The number of ether oxygens (including phenoxy) is 2. The van der Waals surface area contributed by atoms with E-state index in [0.717, 1.165) is 87.1 Å². The third-order valence-electron chi connectivity index (χ3n) is 9.58. The van der Waals surface area contributed by atoms with Crippen molar-refractivity contribution in [2.45, 2.75) is 72.6 Å². The highest BCUT2D eigenvalue weighted by Crippen LogP contribution is 2.57. The minimum Gasteiger partial charge on any atom is -0.493 e. The first kappa shape index (κ1) is 36.8. The van der Waals surface area contributed by atoms with Crippen molar-refractivity contribution in [3.05, 3.63) is 135 Å². The van der Waals surface area contributed by atoms with E-state index in [-0.39, 0.29) is 12.4 Å². The standard InChI is InChI=1S/C43H44N2O4.CH2O/c1-7-9-10-11-20-49-41-19-16-33(24-37(41)42(47)48-8-2)43(32-15-13-28(4)36(23-32)30(6)46)38-21-27(3)12-17-34(38)35-18-14-31(22-39(35)43)40-26-44-29(5)25-45-40;1-2/h12-19,21-26H,7-11,20H2,1-6H3;1H2. The van der Waals surface area contributed by atoms with Crippen LogP contribution in [0.1, 0.15) is 106 Å². The Balaban J connectivity index is 0.00000248. The van der Waals surface area contributed by atoms with Gasteiger partial charge in [0.1, 0.15) is 18.1 Å². The second kappa shape index (κ2) is 16.1. The van der Waals surface area contributed by atoms with Crippen molar-refractivity contribution < 1.29 is 23.9 Å². The van der Waals surface area contributed by atoms with E-state index in [1.807, 2.05) is 51.8 Å². The summed E-state index contributed by atoms with van der Waals surface area (Å²) in [5.41, 5.74) is 10.8. The van der Waals surface area contributed by atoms with Gasteiger partial charge in [-0.25, -0.2) is 4.79 Å². The Morgan fingerprint density at radius 2 is 1.43 bits per heavy atom. The predicted molar refractivity (Wildman–Crippen MR) is 202 cm³/mol. The number of aromatic nitrogens is 2. The lowest BCUT2D eigenvalue weighted by Gasteiger charge is -2.35. The highest BCUT2D eigenvalue weighted by atomic mass is 16.5. The van der Waals surface area contributed by atoms with Gasteiger partial charge in [0.25, 0.3) is 0 Å². The van der Waals surface area contributed by atoms with Crippen LogP contribution in [-0.2, 0) is 14.9 Å². The molecule has 1 heterocycles. The Hall–Kier alpha value is -5.43. The largest absolute Gasteiger partial charge is 0.493 e. The molecule has 0 amide bonds. The number of nitrogens with zero attached hydrogens (tertiary/aromatic N) is 2. The van der Waals surface area contributed by atoms with E-state index in [4.69, 9.17) is 19.3 Å². The van der Waals surface area contributed by atoms with Crippen LogP contribution in [0.4, 0.5) is 0 Å². The van der Waals surface area contributed by atoms with Crippen molar-refractivity contribution in [2.75, 3.05) is 13.2 Å². The topological polar surface area (TPSA) is 95.5 Å². The minimum absolute atomic E-state index is 0.0000925. The second-order valence-electron chi connectivity index (χ2n) is 13.0. The fourth-order valence-corrected chi connectivity index (χ4v) is 7.13. The zero-order valence-corrected chi connectivity index (χ0v) is 30.5. The average Bonchev–Trinajstić information content (AvgIpc) is 3.42. The molecule has 1 unspecified atom stereocenters. The fraction of sp³-hybridized carbons (Fsp3) is 0.295. The van der Waals surface area contributed by atoms with E-state index in [2.05, 4.69) is 67.4 Å². The number of rotatable bonds is 12. The molecule has 262 valence electrons. The first-order valence-corrected chi connectivity index (χ1v) is 17.6. The van der Waals surface area contributed by atoms with Crippen LogP contribution in [0.25, 0.3) is 22.4 Å². The highest BCUT2D eigenvalue weighted by molar-refractivity contribution is 5.97. The maximum Gasteiger partial charge on any atom is 0.341 e. The zero-order valence-electron chi connectivity index (χ0n) is 30.5. The number of Topliss-reactive ketones (excluding diaryl/α,β-unsaturated/α-hetero) is 1. The van der Waals surface area contributed by atoms with E-state index < -0.39 is 11.4 Å². The van der Waals surface area contributed by atoms with Gasteiger partial charge in [0.15, 0.2) is 5.78 Å². The molecule has 0 spiro atoms. The molecule has 0 radical (unpaired) electrons. The van der Waals surface area contributed by atoms with E-state index in [1.54, 1.807) is 19.3 Å². The van der Waals surface area contributed by atoms with E-state index in [9.17, 15) is 9.59 Å². The molecule has 0 saturated carbocycles. The van der Waals surface area contributed by atoms with E-state index >= 15 is 0 Å². The van der Waals surface area contributed by atoms with Gasteiger partial charge in [-0.3, -0.25) is 14.8 Å². The fourth-order valence-electron chi connectivity index (χ4n) is 7.13. The summed E-state index contributed by atoms with van der Waals surface area (Å²) in [5.74, 6) is 0.0798. The van der Waals surface area contributed by atoms with Crippen LogP contribution in [0, 0.1) is 20.8 Å². The molecule has 6 rings (SSSR count). The van der Waals surface area contributed by atoms with Gasteiger partial charge in [0, 0.05) is 17.3 Å². The van der Waals surface area contributed by atoms with Crippen LogP contribution in [0.5, 0.6) is 5.75 Å². The Labute approximate surface area is 301 Å². The van der Waals surface area contributed by atoms with Crippen molar-refractivity contribution in [3.8, 4) is 28.1 Å². The molecule has 0 N–H and O–H groups in total. The summed E-state index contributed by atoms with van der Waals surface area (Å²) in [4.78, 5) is 43.9. The van der Waals surface area contributed by atoms with Gasteiger partial charge in [-0.05, 0) is 104 Å². The van der Waals surface area contributed by atoms with Crippen LogP contribution >= 0.6 is 0 Å². The summed E-state index contributed by atoms with van der Waals surface area (Å²) in [5, 5.41) is 0. The number of carbonyl (C=O) groups is 3. The number of aryl methyl sites for hydroxylation is 3. The first-order chi connectivity index (χ1) is 24.7. The predicted octanol–water partition coefficient (Wildman–Crippen LogP) is 9.59. The lowest BCUT2D eigenvalue weighted by atomic mass is 9.66. The molecule has 1 atom stereocenters. The van der Waals surface area contributed by atoms with Crippen LogP contribution in [0.2, 0.25) is 0 Å². The van der Waals surface area contributed by atoms with Gasteiger partial charge in [0.2, 0.25) is 0 Å². The summed E-state index contributed by atoms with van der Waals surface area (Å²) >= 11 is 0. The summed E-state index contributed by atoms with van der Waals surface area (Å²) < 4.78 is 11.9. The van der Waals surface area contributed by atoms with E-state index in [1.165, 1.54) is 0 Å². The minimum atomic E-state index is -0.885. The maximum absolute atomic E-state index is 13.6. The molecule has 4 aromatic carbocycles. The third-order valence-corrected chi connectivity index (χ3v) is 9.58. The number of hydrogen-bond acceptors (Lipinski definition) is 7. The van der Waals surface area contributed by atoms with Gasteiger partial charge in [0.05, 0.1) is 36.2 Å². The van der Waals surface area contributed by atoms with Crippen LogP contribution in [0.15, 0.2) is 85.2 Å². The zero-order chi connectivity index (χ0) is 36.7. The molecule has 7 nitrogen and oxygen atoms in total. The molecular formula is C44H46N2O5. The SMILES string of the molecule is C=O.CCCCCCOc1ccc(C2(c3ccc(C)c(C(C)=O)c3)c3cc(C)ccc3-c3ccc(-c4cnc(C)cn4)cc32)cc1C(=O)OCC. The second-order valence-corrected chi connectivity index (χ2v) is 13.0. The number of benzene rings is 4. The van der Waals surface area contributed by atoms with Crippen LogP contribution in [0.3, 0.4) is 0 Å². The Bertz CT molecular complexity index is 2050. The molecule has 1 aliphatic carbocycles. The monoisotopic (exact) mass is 682 g/mol. The molecule has 0 fully saturated rings. The highest BCUT2D eigenvalue weighted by Gasteiger charge is 2.47. The molecule has 1 aromatic heterocycles. The van der Waals surface area contributed by atoms with Gasteiger partial charge < -0.3 is 14.3 Å². The van der Waals surface area contributed by atoms with Crippen molar-refractivity contribution in [1.29, 1.82) is 0 Å². The molecule has 51 heavy (non-hydrogen) atoms. The molecule has 5 aromatic rings. The molecule has 0 bridgehead atoms. The average molecular weight is 683 g/mol. The van der Waals surface area contributed by atoms with Crippen molar-refractivity contribution in [1.82, 2.24) is 9.97 Å². The summed E-state index contributed by atoms with van der Waals surface area (Å²) in [6.45, 7) is 14.3. The number of fused-ring (bicyclic) bond motifs is 3. The first-order valence-electron chi connectivity index (χ1n) is 17.6. The Morgan fingerprint density at radius 1 is 0.745 bits per heavy atom. The van der Waals surface area contributed by atoms with Gasteiger partial charge in [-0.1, -0.05) is 80.3 Å². The molecule has 0 saturated heterocycles. The number of ketones is 1. The van der Waals surface area contributed by atoms with E-state index in [0.29, 0.717) is 23.5 Å². The number of esters is 1. The molecule has 7 heteroatoms. The summed E-state index contributed by atoms with van der Waals surface area (Å²) in [6, 6.07) is 25.1. The van der Waals surface area contributed by atoms with Crippen molar-refractivity contribution >= 4 is 18.5 Å². The Kier molecular flexibility index (Phi) is 11.6. The smallest absolute Gasteiger partial charge is 0.341 e. The molecular weight excluding hydrogens is 636 g/mol. The van der Waals surface area contributed by atoms with Crippen LogP contribution in [-0.4, -0.2) is 41.7 Å². The maximum atomic E-state index is 13.6. The third kappa shape index (κ3) is 7.11. The van der Waals surface area contributed by atoms with Crippen molar-refractivity contribution in [2.24, 2.45) is 0 Å². The number of carbonyl (C=O) groups excluding carboxylic acids is 3. The number of hydrogen-bond donors (Lipinski definition) is 0. The van der Waals surface area contributed by atoms with Crippen LogP contribution < -0.4 is 4.74 Å². The lowest BCUT2D eigenvalue weighted by molar-refractivity contribution is -0.0980. The van der Waals surface area contributed by atoms with Gasteiger partial charge in [-0.2, -0.15) is 0 Å². The van der Waals surface area contributed by atoms with Gasteiger partial charge >= 0.3 is 5.97 Å². The number of unbranched alkanes of at least 4 members (excludes halogenated alkanes) is 3. The Morgan fingerprint density at radius 3 is 2.10 bits per heavy atom. The summed E-state index contributed by atoms with van der Waals surface area (Å²) in [7, 11) is 0.